The lowest BCUT2D eigenvalue weighted by Gasteiger charge is -2.13. The lowest BCUT2D eigenvalue weighted by Crippen LogP contribution is -2.27. The van der Waals surface area contributed by atoms with E-state index in [-0.39, 0.29) is 6.04 Å². The molecule has 2 aromatic heterocycles. The standard InChI is InChI=1S/C10H12N2OS2/c1-13-7-4-6-15-10(7)9(12-11)8-3-2-5-14-8/h2-6,9,12H,11H2,1H3. The Balaban J connectivity index is 2.35. The summed E-state index contributed by atoms with van der Waals surface area (Å²) < 4.78 is 5.29. The molecule has 80 valence electrons. The van der Waals surface area contributed by atoms with E-state index in [0.29, 0.717) is 0 Å². The Morgan fingerprint density at radius 3 is 2.80 bits per heavy atom. The maximum Gasteiger partial charge on any atom is 0.134 e. The summed E-state index contributed by atoms with van der Waals surface area (Å²) in [5.74, 6) is 6.47. The van der Waals surface area contributed by atoms with Gasteiger partial charge in [0, 0.05) is 4.88 Å². The number of methoxy groups -OCH3 is 1. The zero-order valence-electron chi connectivity index (χ0n) is 8.27. The van der Waals surface area contributed by atoms with Crippen LogP contribution in [0.4, 0.5) is 0 Å². The first kappa shape index (κ1) is 10.6. The van der Waals surface area contributed by atoms with Gasteiger partial charge in [0.05, 0.1) is 18.0 Å². The van der Waals surface area contributed by atoms with E-state index in [9.17, 15) is 0 Å². The highest BCUT2D eigenvalue weighted by Crippen LogP contribution is 2.35. The molecule has 1 atom stereocenters. The van der Waals surface area contributed by atoms with E-state index >= 15 is 0 Å². The zero-order valence-corrected chi connectivity index (χ0v) is 9.90. The molecule has 1 unspecified atom stereocenters. The second kappa shape index (κ2) is 4.76. The number of hydrogen-bond acceptors (Lipinski definition) is 5. The van der Waals surface area contributed by atoms with Gasteiger partial charge in [-0.05, 0) is 22.9 Å². The molecule has 3 N–H and O–H groups in total. The van der Waals surface area contributed by atoms with Crippen molar-refractivity contribution in [3.05, 3.63) is 38.7 Å². The summed E-state index contributed by atoms with van der Waals surface area (Å²) in [6.07, 6.45) is 0. The van der Waals surface area contributed by atoms with Crippen molar-refractivity contribution in [2.75, 3.05) is 7.11 Å². The Labute approximate surface area is 96.5 Å². The largest absolute Gasteiger partial charge is 0.496 e. The van der Waals surface area contributed by atoms with Crippen LogP contribution in [0, 0.1) is 0 Å². The van der Waals surface area contributed by atoms with Gasteiger partial charge in [0.2, 0.25) is 0 Å². The monoisotopic (exact) mass is 240 g/mol. The predicted molar refractivity (Wildman–Crippen MR) is 64.4 cm³/mol. The Morgan fingerprint density at radius 2 is 2.20 bits per heavy atom. The fourth-order valence-corrected chi connectivity index (χ4v) is 3.24. The van der Waals surface area contributed by atoms with E-state index in [1.54, 1.807) is 29.8 Å². The van der Waals surface area contributed by atoms with Gasteiger partial charge >= 0.3 is 0 Å². The summed E-state index contributed by atoms with van der Waals surface area (Å²) in [6, 6.07) is 6.07. The van der Waals surface area contributed by atoms with Gasteiger partial charge in [0.15, 0.2) is 0 Å². The highest BCUT2D eigenvalue weighted by Gasteiger charge is 2.18. The SMILES string of the molecule is COc1ccsc1C(NN)c1cccs1. The fourth-order valence-electron chi connectivity index (χ4n) is 1.43. The summed E-state index contributed by atoms with van der Waals surface area (Å²) in [5, 5.41) is 4.05. The maximum atomic E-state index is 5.59. The molecule has 0 bridgehead atoms. The van der Waals surface area contributed by atoms with Crippen molar-refractivity contribution in [2.24, 2.45) is 5.84 Å². The normalized spacial score (nSPS) is 12.7. The first-order chi connectivity index (χ1) is 7.36. The Kier molecular flexibility index (Phi) is 3.37. The minimum Gasteiger partial charge on any atom is -0.496 e. The van der Waals surface area contributed by atoms with Gasteiger partial charge in [0.25, 0.3) is 0 Å². The van der Waals surface area contributed by atoms with Crippen molar-refractivity contribution < 1.29 is 4.74 Å². The van der Waals surface area contributed by atoms with Crippen LogP contribution in [0.3, 0.4) is 0 Å². The van der Waals surface area contributed by atoms with E-state index in [4.69, 9.17) is 10.6 Å². The molecule has 0 aliphatic rings. The minimum absolute atomic E-state index is 0.0277. The van der Waals surface area contributed by atoms with Gasteiger partial charge in [-0.1, -0.05) is 6.07 Å². The van der Waals surface area contributed by atoms with Crippen LogP contribution in [-0.2, 0) is 0 Å². The van der Waals surface area contributed by atoms with Crippen molar-refractivity contribution in [2.45, 2.75) is 6.04 Å². The zero-order chi connectivity index (χ0) is 10.7. The molecule has 3 nitrogen and oxygen atoms in total. The Hall–Kier alpha value is -0.880. The second-order valence-electron chi connectivity index (χ2n) is 2.97. The average molecular weight is 240 g/mol. The quantitative estimate of drug-likeness (QED) is 0.637. The first-order valence-corrected chi connectivity index (χ1v) is 6.23. The third-order valence-corrected chi connectivity index (χ3v) is 4.03. The Bertz CT molecular complexity index is 411. The van der Waals surface area contributed by atoms with Gasteiger partial charge < -0.3 is 4.74 Å². The van der Waals surface area contributed by atoms with E-state index in [1.807, 2.05) is 22.9 Å². The maximum absolute atomic E-state index is 5.59. The van der Waals surface area contributed by atoms with E-state index in [1.165, 1.54) is 4.88 Å². The first-order valence-electron chi connectivity index (χ1n) is 4.47. The number of nitrogens with two attached hydrogens (primary N) is 1. The van der Waals surface area contributed by atoms with Gasteiger partial charge in [-0.25, -0.2) is 5.43 Å². The second-order valence-corrected chi connectivity index (χ2v) is 4.90. The smallest absolute Gasteiger partial charge is 0.134 e. The van der Waals surface area contributed by atoms with Crippen molar-refractivity contribution >= 4 is 22.7 Å². The van der Waals surface area contributed by atoms with Crippen molar-refractivity contribution in [1.82, 2.24) is 5.43 Å². The number of rotatable bonds is 4. The van der Waals surface area contributed by atoms with Crippen LogP contribution in [-0.4, -0.2) is 7.11 Å². The van der Waals surface area contributed by atoms with E-state index in [0.717, 1.165) is 10.6 Å². The summed E-state index contributed by atoms with van der Waals surface area (Å²) in [6.45, 7) is 0. The summed E-state index contributed by atoms with van der Waals surface area (Å²) in [5.41, 5.74) is 2.82. The molecule has 2 heterocycles. The minimum atomic E-state index is 0.0277. The lowest BCUT2D eigenvalue weighted by molar-refractivity contribution is 0.408. The van der Waals surface area contributed by atoms with Crippen LogP contribution >= 0.6 is 22.7 Å². The molecular weight excluding hydrogens is 228 g/mol. The predicted octanol–water partition coefficient (Wildman–Crippen LogP) is 2.37. The molecule has 0 aromatic carbocycles. The number of nitrogens with one attached hydrogen (secondary N) is 1. The highest BCUT2D eigenvalue weighted by atomic mass is 32.1. The molecule has 0 aliphatic heterocycles. The number of hydrogen-bond donors (Lipinski definition) is 2. The molecule has 15 heavy (non-hydrogen) atoms. The number of thiophene rings is 2. The topological polar surface area (TPSA) is 47.3 Å². The molecule has 0 fully saturated rings. The molecule has 0 saturated heterocycles. The molecule has 0 aliphatic carbocycles. The van der Waals surface area contributed by atoms with Gasteiger partial charge in [0.1, 0.15) is 5.75 Å². The van der Waals surface area contributed by atoms with Crippen LogP contribution in [0.15, 0.2) is 29.0 Å². The van der Waals surface area contributed by atoms with Crippen molar-refractivity contribution in [3.63, 3.8) is 0 Å². The highest BCUT2D eigenvalue weighted by molar-refractivity contribution is 7.11. The number of hydrazine groups is 1. The van der Waals surface area contributed by atoms with E-state index in [2.05, 4.69) is 11.5 Å². The van der Waals surface area contributed by atoms with E-state index < -0.39 is 0 Å². The van der Waals surface area contributed by atoms with Crippen LogP contribution in [0.1, 0.15) is 15.8 Å². The van der Waals surface area contributed by atoms with Crippen LogP contribution in [0.5, 0.6) is 5.75 Å². The van der Waals surface area contributed by atoms with Crippen LogP contribution in [0.2, 0.25) is 0 Å². The summed E-state index contributed by atoms with van der Waals surface area (Å²) >= 11 is 3.33. The summed E-state index contributed by atoms with van der Waals surface area (Å²) in [4.78, 5) is 2.31. The molecule has 0 radical (unpaired) electrons. The molecule has 2 rings (SSSR count). The molecule has 2 aromatic rings. The van der Waals surface area contributed by atoms with Crippen molar-refractivity contribution in [1.29, 1.82) is 0 Å². The molecule has 0 spiro atoms. The molecule has 5 heteroatoms. The van der Waals surface area contributed by atoms with Gasteiger partial charge in [-0.3, -0.25) is 5.84 Å². The van der Waals surface area contributed by atoms with Crippen LogP contribution < -0.4 is 16.0 Å². The van der Waals surface area contributed by atoms with Gasteiger partial charge in [-0.15, -0.1) is 22.7 Å². The van der Waals surface area contributed by atoms with Crippen LogP contribution in [0.25, 0.3) is 0 Å². The molecule has 0 amide bonds. The molecular formula is C10H12N2OS2. The lowest BCUT2D eigenvalue weighted by atomic mass is 10.2. The summed E-state index contributed by atoms with van der Waals surface area (Å²) in [7, 11) is 1.67. The van der Waals surface area contributed by atoms with Gasteiger partial charge in [-0.2, -0.15) is 0 Å². The fraction of sp³-hybridized carbons (Fsp3) is 0.200. The third-order valence-electron chi connectivity index (χ3n) is 2.13. The number of ether oxygens (including phenoxy) is 1. The Morgan fingerprint density at radius 1 is 1.33 bits per heavy atom. The average Bonchev–Trinajstić information content (AvgIpc) is 2.89. The third kappa shape index (κ3) is 2.05. The molecule has 0 saturated carbocycles. The van der Waals surface area contributed by atoms with Crippen molar-refractivity contribution in [3.8, 4) is 5.75 Å².